The van der Waals surface area contributed by atoms with Crippen LogP contribution in [0.25, 0.3) is 0 Å². The fourth-order valence-electron chi connectivity index (χ4n) is 1.24. The minimum atomic E-state index is -1.39. The third-order valence-corrected chi connectivity index (χ3v) is 1.96. The summed E-state index contributed by atoms with van der Waals surface area (Å²) in [5.41, 5.74) is -0.164. The average molecular weight is 230 g/mol. The van der Waals surface area contributed by atoms with E-state index < -0.39 is 23.7 Å². The van der Waals surface area contributed by atoms with Crippen LogP contribution in [0, 0.1) is 11.6 Å². The van der Waals surface area contributed by atoms with Crippen molar-refractivity contribution < 1.29 is 23.4 Å². The molecule has 1 aromatic rings. The van der Waals surface area contributed by atoms with Gasteiger partial charge in [-0.25, -0.2) is 13.6 Å². The summed E-state index contributed by atoms with van der Waals surface area (Å²) in [6.07, 6.45) is -0.771. The molecular weight excluding hydrogens is 218 g/mol. The summed E-state index contributed by atoms with van der Waals surface area (Å²) in [6, 6.07) is 2.73. The van der Waals surface area contributed by atoms with Gasteiger partial charge in [0.2, 0.25) is 0 Å². The number of rotatable bonds is 5. The van der Waals surface area contributed by atoms with Crippen molar-refractivity contribution >= 4 is 5.97 Å². The van der Waals surface area contributed by atoms with Crippen molar-refractivity contribution in [2.24, 2.45) is 0 Å². The molecule has 0 aromatic heterocycles. The van der Waals surface area contributed by atoms with E-state index in [0.29, 0.717) is 12.5 Å². The van der Waals surface area contributed by atoms with Crippen molar-refractivity contribution in [3.63, 3.8) is 0 Å². The fraction of sp³-hybridized carbons (Fsp3) is 0.364. The zero-order chi connectivity index (χ0) is 12.1. The van der Waals surface area contributed by atoms with Crippen LogP contribution < -0.4 is 0 Å². The third-order valence-electron chi connectivity index (χ3n) is 1.96. The van der Waals surface area contributed by atoms with E-state index in [9.17, 15) is 13.6 Å². The summed E-state index contributed by atoms with van der Waals surface area (Å²) in [5.74, 6) is -2.96. The maximum absolute atomic E-state index is 13.3. The van der Waals surface area contributed by atoms with Crippen molar-refractivity contribution in [1.29, 1.82) is 0 Å². The topological polar surface area (TPSA) is 46.5 Å². The third kappa shape index (κ3) is 3.00. The molecule has 0 heterocycles. The molecule has 0 spiro atoms. The summed E-state index contributed by atoms with van der Waals surface area (Å²) < 4.78 is 30.9. The number of carboxylic acid groups (broad SMARTS) is 1. The largest absolute Gasteiger partial charge is 0.479 e. The Morgan fingerprint density at radius 3 is 2.69 bits per heavy atom. The molecule has 0 amide bonds. The molecule has 0 saturated carbocycles. The molecule has 1 N–H and O–H groups in total. The first-order chi connectivity index (χ1) is 7.56. The van der Waals surface area contributed by atoms with E-state index in [1.54, 1.807) is 6.92 Å². The van der Waals surface area contributed by atoms with E-state index >= 15 is 0 Å². The molecule has 1 aromatic carbocycles. The van der Waals surface area contributed by atoms with Crippen LogP contribution in [-0.2, 0) is 9.53 Å². The van der Waals surface area contributed by atoms with Gasteiger partial charge >= 0.3 is 5.97 Å². The highest BCUT2D eigenvalue weighted by atomic mass is 19.1. The van der Waals surface area contributed by atoms with Crippen molar-refractivity contribution in [3.8, 4) is 0 Å². The number of benzene rings is 1. The molecule has 0 aliphatic heterocycles. The van der Waals surface area contributed by atoms with E-state index in [-0.39, 0.29) is 12.2 Å². The minimum absolute atomic E-state index is 0.164. The summed E-state index contributed by atoms with van der Waals surface area (Å²) >= 11 is 0. The van der Waals surface area contributed by atoms with Crippen LogP contribution in [0.3, 0.4) is 0 Å². The van der Waals surface area contributed by atoms with Gasteiger partial charge in [-0.15, -0.1) is 0 Å². The molecule has 0 radical (unpaired) electrons. The van der Waals surface area contributed by atoms with E-state index in [4.69, 9.17) is 9.84 Å². The molecule has 88 valence electrons. The number of aliphatic carboxylic acids is 1. The van der Waals surface area contributed by atoms with Gasteiger partial charge in [0, 0.05) is 18.2 Å². The van der Waals surface area contributed by atoms with Gasteiger partial charge in [-0.1, -0.05) is 6.92 Å². The Hall–Kier alpha value is -1.49. The highest BCUT2D eigenvalue weighted by Gasteiger charge is 2.23. The van der Waals surface area contributed by atoms with Gasteiger partial charge < -0.3 is 9.84 Å². The Morgan fingerprint density at radius 2 is 2.19 bits per heavy atom. The van der Waals surface area contributed by atoms with Crippen molar-refractivity contribution in [2.45, 2.75) is 19.4 Å². The van der Waals surface area contributed by atoms with Gasteiger partial charge in [0.15, 0.2) is 6.10 Å². The monoisotopic (exact) mass is 230 g/mol. The number of carboxylic acids is 1. The molecule has 3 nitrogen and oxygen atoms in total. The van der Waals surface area contributed by atoms with Gasteiger partial charge in [0.1, 0.15) is 11.6 Å². The zero-order valence-corrected chi connectivity index (χ0v) is 8.74. The number of halogens is 2. The smallest absolute Gasteiger partial charge is 0.337 e. The number of carbonyl (C=O) groups is 1. The van der Waals surface area contributed by atoms with Crippen LogP contribution >= 0.6 is 0 Å². The Balaban J connectivity index is 2.96. The van der Waals surface area contributed by atoms with Crippen LogP contribution in [0.15, 0.2) is 18.2 Å². The Kier molecular flexibility index (Phi) is 4.37. The SMILES string of the molecule is CCCOC(C(=O)O)c1ccc(F)cc1F. The van der Waals surface area contributed by atoms with E-state index in [2.05, 4.69) is 0 Å². The fourth-order valence-corrected chi connectivity index (χ4v) is 1.24. The maximum atomic E-state index is 13.3. The lowest BCUT2D eigenvalue weighted by Crippen LogP contribution is -2.17. The predicted octanol–water partition coefficient (Wildman–Crippen LogP) is 2.52. The minimum Gasteiger partial charge on any atom is -0.479 e. The van der Waals surface area contributed by atoms with Crippen LogP contribution in [0.1, 0.15) is 25.0 Å². The zero-order valence-electron chi connectivity index (χ0n) is 8.74. The summed E-state index contributed by atoms with van der Waals surface area (Å²) in [5, 5.41) is 8.86. The lowest BCUT2D eigenvalue weighted by atomic mass is 10.1. The second kappa shape index (κ2) is 5.55. The standard InChI is InChI=1S/C11H12F2O3/c1-2-5-16-10(11(14)15)8-4-3-7(12)6-9(8)13/h3-4,6,10H,2,5H2,1H3,(H,14,15). The molecule has 5 heteroatoms. The molecule has 1 rings (SSSR count). The molecule has 1 unspecified atom stereocenters. The molecular formula is C11H12F2O3. The lowest BCUT2D eigenvalue weighted by molar-refractivity contribution is -0.151. The van der Waals surface area contributed by atoms with Crippen molar-refractivity contribution in [3.05, 3.63) is 35.4 Å². The molecule has 0 aliphatic rings. The summed E-state index contributed by atoms with van der Waals surface area (Å²) in [7, 11) is 0. The van der Waals surface area contributed by atoms with E-state index in [0.717, 1.165) is 12.1 Å². The molecule has 0 fully saturated rings. The predicted molar refractivity (Wildman–Crippen MR) is 53.0 cm³/mol. The van der Waals surface area contributed by atoms with Gasteiger partial charge in [-0.05, 0) is 18.6 Å². The first kappa shape index (κ1) is 12.6. The van der Waals surface area contributed by atoms with E-state index in [1.165, 1.54) is 0 Å². The summed E-state index contributed by atoms with van der Waals surface area (Å²) in [4.78, 5) is 10.9. The number of hydrogen-bond donors (Lipinski definition) is 1. The van der Waals surface area contributed by atoms with Gasteiger partial charge in [-0.3, -0.25) is 0 Å². The molecule has 0 aliphatic carbocycles. The average Bonchev–Trinajstić information content (AvgIpc) is 2.20. The Bertz CT molecular complexity index is 379. The Morgan fingerprint density at radius 1 is 1.50 bits per heavy atom. The van der Waals surface area contributed by atoms with Crippen LogP contribution in [0.4, 0.5) is 8.78 Å². The summed E-state index contributed by atoms with van der Waals surface area (Å²) in [6.45, 7) is 2.01. The molecule has 1 atom stereocenters. The second-order valence-electron chi connectivity index (χ2n) is 3.25. The van der Waals surface area contributed by atoms with Crippen LogP contribution in [-0.4, -0.2) is 17.7 Å². The lowest BCUT2D eigenvalue weighted by Gasteiger charge is -2.14. The highest BCUT2D eigenvalue weighted by Crippen LogP contribution is 2.22. The van der Waals surface area contributed by atoms with E-state index in [1.807, 2.05) is 0 Å². The molecule has 16 heavy (non-hydrogen) atoms. The second-order valence-corrected chi connectivity index (χ2v) is 3.25. The highest BCUT2D eigenvalue weighted by molar-refractivity contribution is 5.74. The number of ether oxygens (including phenoxy) is 1. The van der Waals surface area contributed by atoms with Crippen LogP contribution in [0.2, 0.25) is 0 Å². The van der Waals surface area contributed by atoms with Crippen LogP contribution in [0.5, 0.6) is 0 Å². The number of hydrogen-bond acceptors (Lipinski definition) is 2. The first-order valence-electron chi connectivity index (χ1n) is 4.85. The molecule has 0 saturated heterocycles. The first-order valence-corrected chi connectivity index (χ1v) is 4.85. The van der Waals surface area contributed by atoms with Gasteiger partial charge in [-0.2, -0.15) is 0 Å². The van der Waals surface area contributed by atoms with Gasteiger partial charge in [0.05, 0.1) is 0 Å². The van der Waals surface area contributed by atoms with Crippen molar-refractivity contribution in [2.75, 3.05) is 6.61 Å². The quantitative estimate of drug-likeness (QED) is 0.845. The molecule has 0 bridgehead atoms. The normalized spacial score (nSPS) is 12.4. The van der Waals surface area contributed by atoms with Gasteiger partial charge in [0.25, 0.3) is 0 Å². The maximum Gasteiger partial charge on any atom is 0.337 e. The Labute approximate surface area is 91.7 Å². The van der Waals surface area contributed by atoms with Crippen molar-refractivity contribution in [1.82, 2.24) is 0 Å².